The third-order valence-corrected chi connectivity index (χ3v) is 5.56. The van der Waals surface area contributed by atoms with Gasteiger partial charge in [-0.1, -0.05) is 37.5 Å². The lowest BCUT2D eigenvalue weighted by Gasteiger charge is -2.21. The summed E-state index contributed by atoms with van der Waals surface area (Å²) in [6, 6.07) is 15.2. The Bertz CT molecular complexity index is 795. The predicted octanol–water partition coefficient (Wildman–Crippen LogP) is 5.02. The van der Waals surface area contributed by atoms with Crippen molar-refractivity contribution in [1.82, 2.24) is 0 Å². The number of amidine groups is 1. The molecule has 0 spiro atoms. The fourth-order valence-corrected chi connectivity index (χ4v) is 4.22. The van der Waals surface area contributed by atoms with Crippen molar-refractivity contribution >= 4 is 29.2 Å². The van der Waals surface area contributed by atoms with E-state index in [0.29, 0.717) is 22.4 Å². The van der Waals surface area contributed by atoms with Gasteiger partial charge < -0.3 is 15.8 Å². The Kier molecular flexibility index (Phi) is 6.39. The standard InChI is InChI=1S/C20H22N4OS/c21-14-23-20(25-15-7-3-1-4-8-15)24-19-13-17(11-12-18(19)22)26-16-9-5-2-6-10-16/h1,3-4,7-8,11-13,16H,2,5-6,9-10,22H2,(H,23,24). The maximum atomic E-state index is 8.94. The second-order valence-corrected chi connectivity index (χ2v) is 7.56. The molecule has 2 aromatic rings. The van der Waals surface area contributed by atoms with E-state index in [0.717, 1.165) is 4.90 Å². The lowest BCUT2D eigenvalue weighted by molar-refractivity contribution is 0.516. The Morgan fingerprint density at radius 1 is 1.15 bits per heavy atom. The van der Waals surface area contributed by atoms with Crippen molar-refractivity contribution in [3.05, 3.63) is 48.5 Å². The Labute approximate surface area is 158 Å². The summed E-state index contributed by atoms with van der Waals surface area (Å²) in [4.78, 5) is 4.88. The van der Waals surface area contributed by atoms with Gasteiger partial charge in [-0.05, 0) is 43.2 Å². The number of hydrogen-bond acceptors (Lipinski definition) is 5. The maximum absolute atomic E-state index is 8.94. The number of benzene rings is 2. The van der Waals surface area contributed by atoms with Gasteiger partial charge in [0.15, 0.2) is 0 Å². The van der Waals surface area contributed by atoms with E-state index in [1.54, 1.807) is 18.3 Å². The molecule has 1 aliphatic carbocycles. The summed E-state index contributed by atoms with van der Waals surface area (Å²) in [5.41, 5.74) is 7.37. The van der Waals surface area contributed by atoms with Crippen LogP contribution in [0.4, 0.5) is 11.4 Å². The van der Waals surface area contributed by atoms with Crippen LogP contribution in [0.2, 0.25) is 0 Å². The Morgan fingerprint density at radius 2 is 1.92 bits per heavy atom. The first kappa shape index (κ1) is 18.2. The van der Waals surface area contributed by atoms with Crippen molar-refractivity contribution in [1.29, 1.82) is 5.26 Å². The average molecular weight is 366 g/mol. The topological polar surface area (TPSA) is 83.4 Å². The SMILES string of the molecule is N#C/N=C(/Nc1cc(SC2CCCCC2)ccc1N)Oc1ccccc1. The molecule has 1 fully saturated rings. The second kappa shape index (κ2) is 9.16. The van der Waals surface area contributed by atoms with Crippen LogP contribution in [0.5, 0.6) is 5.75 Å². The van der Waals surface area contributed by atoms with E-state index >= 15 is 0 Å². The molecule has 3 rings (SSSR count). The van der Waals surface area contributed by atoms with Crippen molar-refractivity contribution in [2.24, 2.45) is 4.99 Å². The fourth-order valence-electron chi connectivity index (χ4n) is 2.93. The van der Waals surface area contributed by atoms with Crippen LogP contribution in [0, 0.1) is 11.5 Å². The van der Waals surface area contributed by atoms with Crippen LogP contribution in [0.1, 0.15) is 32.1 Å². The van der Waals surface area contributed by atoms with E-state index in [1.165, 1.54) is 32.1 Å². The molecule has 0 aromatic heterocycles. The molecule has 0 amide bonds. The molecular weight excluding hydrogens is 344 g/mol. The molecule has 1 saturated carbocycles. The van der Waals surface area contributed by atoms with Gasteiger partial charge in [0.2, 0.25) is 6.19 Å². The molecule has 134 valence electrons. The number of anilines is 2. The van der Waals surface area contributed by atoms with Gasteiger partial charge in [0, 0.05) is 10.1 Å². The number of nitriles is 1. The van der Waals surface area contributed by atoms with Crippen molar-refractivity contribution in [2.45, 2.75) is 42.2 Å². The molecule has 0 radical (unpaired) electrons. The van der Waals surface area contributed by atoms with E-state index in [4.69, 9.17) is 15.7 Å². The highest BCUT2D eigenvalue weighted by Gasteiger charge is 2.15. The van der Waals surface area contributed by atoms with Crippen molar-refractivity contribution in [3.63, 3.8) is 0 Å². The van der Waals surface area contributed by atoms with Crippen LogP contribution >= 0.6 is 11.8 Å². The van der Waals surface area contributed by atoms with Crippen molar-refractivity contribution < 1.29 is 4.74 Å². The zero-order valence-corrected chi connectivity index (χ0v) is 15.3. The lowest BCUT2D eigenvalue weighted by Crippen LogP contribution is -2.20. The molecule has 5 nitrogen and oxygen atoms in total. The molecule has 1 aliphatic rings. The summed E-state index contributed by atoms with van der Waals surface area (Å²) in [5.74, 6) is 0.598. The monoisotopic (exact) mass is 366 g/mol. The van der Waals surface area contributed by atoms with Gasteiger partial charge in [-0.15, -0.1) is 16.8 Å². The highest BCUT2D eigenvalue weighted by molar-refractivity contribution is 8.00. The highest BCUT2D eigenvalue weighted by atomic mass is 32.2. The highest BCUT2D eigenvalue weighted by Crippen LogP contribution is 2.35. The van der Waals surface area contributed by atoms with Crippen LogP contribution < -0.4 is 15.8 Å². The van der Waals surface area contributed by atoms with Gasteiger partial charge >= 0.3 is 6.02 Å². The Balaban J connectivity index is 1.73. The Hall–Kier alpha value is -2.65. The molecule has 0 saturated heterocycles. The summed E-state index contributed by atoms with van der Waals surface area (Å²) >= 11 is 1.89. The smallest absolute Gasteiger partial charge is 0.310 e. The summed E-state index contributed by atoms with van der Waals surface area (Å²) in [6.07, 6.45) is 8.24. The van der Waals surface area contributed by atoms with Gasteiger partial charge in [0.25, 0.3) is 0 Å². The normalized spacial score (nSPS) is 15.3. The summed E-state index contributed by atoms with van der Waals surface area (Å²) in [7, 11) is 0. The summed E-state index contributed by atoms with van der Waals surface area (Å²) in [6.45, 7) is 0. The number of nitrogen functional groups attached to an aromatic ring is 1. The second-order valence-electron chi connectivity index (χ2n) is 6.18. The zero-order valence-electron chi connectivity index (χ0n) is 14.5. The number of para-hydroxylation sites is 1. The number of nitrogens with one attached hydrogen (secondary N) is 1. The number of nitrogens with two attached hydrogens (primary N) is 1. The third-order valence-electron chi connectivity index (χ3n) is 4.23. The first-order valence-corrected chi connectivity index (χ1v) is 9.65. The van der Waals surface area contributed by atoms with Gasteiger partial charge in [0.1, 0.15) is 5.75 Å². The van der Waals surface area contributed by atoms with Gasteiger partial charge in [-0.25, -0.2) is 0 Å². The van der Waals surface area contributed by atoms with Crippen LogP contribution in [0.3, 0.4) is 0 Å². The number of nitrogens with zero attached hydrogens (tertiary/aromatic N) is 2. The van der Waals surface area contributed by atoms with E-state index in [-0.39, 0.29) is 6.02 Å². The minimum atomic E-state index is 0.102. The van der Waals surface area contributed by atoms with Crippen LogP contribution in [0.25, 0.3) is 0 Å². The first-order chi connectivity index (χ1) is 12.7. The summed E-state index contributed by atoms with van der Waals surface area (Å²) in [5, 5.41) is 12.6. The molecule has 0 atom stereocenters. The molecular formula is C20H22N4OS. The fraction of sp³-hybridized carbons (Fsp3) is 0.300. The van der Waals surface area contributed by atoms with E-state index in [1.807, 2.05) is 48.2 Å². The van der Waals surface area contributed by atoms with E-state index < -0.39 is 0 Å². The molecule has 3 N–H and O–H groups in total. The largest absolute Gasteiger partial charge is 0.425 e. The molecule has 0 heterocycles. The molecule has 0 aliphatic heterocycles. The number of hydrogen-bond donors (Lipinski definition) is 2. The lowest BCUT2D eigenvalue weighted by atomic mass is 10.0. The molecule has 0 unspecified atom stereocenters. The van der Waals surface area contributed by atoms with Crippen LogP contribution in [-0.4, -0.2) is 11.3 Å². The molecule has 6 heteroatoms. The maximum Gasteiger partial charge on any atom is 0.310 e. The zero-order chi connectivity index (χ0) is 18.2. The number of thioether (sulfide) groups is 1. The van der Waals surface area contributed by atoms with Crippen molar-refractivity contribution in [3.8, 4) is 11.9 Å². The average Bonchev–Trinajstić information content (AvgIpc) is 2.66. The minimum Gasteiger partial charge on any atom is -0.425 e. The van der Waals surface area contributed by atoms with E-state index in [9.17, 15) is 0 Å². The summed E-state index contributed by atoms with van der Waals surface area (Å²) < 4.78 is 5.66. The van der Waals surface area contributed by atoms with Crippen LogP contribution in [0.15, 0.2) is 58.4 Å². The minimum absolute atomic E-state index is 0.102. The predicted molar refractivity (Wildman–Crippen MR) is 107 cm³/mol. The first-order valence-electron chi connectivity index (χ1n) is 8.77. The van der Waals surface area contributed by atoms with Crippen LogP contribution in [-0.2, 0) is 0 Å². The third kappa shape index (κ3) is 5.17. The van der Waals surface area contributed by atoms with Gasteiger partial charge in [-0.3, -0.25) is 0 Å². The Morgan fingerprint density at radius 3 is 2.65 bits per heavy atom. The van der Waals surface area contributed by atoms with E-state index in [2.05, 4.69) is 10.3 Å². The number of ether oxygens (including phenoxy) is 1. The number of aliphatic imine (C=N–C) groups is 1. The molecule has 26 heavy (non-hydrogen) atoms. The molecule has 0 bridgehead atoms. The quantitative estimate of drug-likeness (QED) is 0.343. The number of rotatable bonds is 4. The van der Waals surface area contributed by atoms with Gasteiger partial charge in [-0.2, -0.15) is 5.26 Å². The van der Waals surface area contributed by atoms with Gasteiger partial charge in [0.05, 0.1) is 11.4 Å². The molecule has 2 aromatic carbocycles. The van der Waals surface area contributed by atoms with Crippen molar-refractivity contribution in [2.75, 3.05) is 11.1 Å².